The van der Waals surface area contributed by atoms with E-state index in [1.807, 2.05) is 37.3 Å². The van der Waals surface area contributed by atoms with Crippen molar-refractivity contribution in [2.24, 2.45) is 5.92 Å². The molecule has 3 heteroatoms. The summed E-state index contributed by atoms with van der Waals surface area (Å²) in [5.74, 6) is -1.38. The Morgan fingerprint density at radius 1 is 1.35 bits per heavy atom. The van der Waals surface area contributed by atoms with Crippen molar-refractivity contribution in [2.75, 3.05) is 0 Å². The quantitative estimate of drug-likeness (QED) is 0.797. The molecule has 0 aliphatic carbocycles. The first-order chi connectivity index (χ1) is 7.94. The molecule has 0 aliphatic heterocycles. The summed E-state index contributed by atoms with van der Waals surface area (Å²) in [6.07, 6.45) is 1.31. The van der Waals surface area contributed by atoms with Crippen LogP contribution in [-0.2, 0) is 11.2 Å². The predicted octanol–water partition coefficient (Wildman–Crippen LogP) is 2.48. The highest BCUT2D eigenvalue weighted by molar-refractivity contribution is 5.70. The van der Waals surface area contributed by atoms with E-state index in [4.69, 9.17) is 0 Å². The van der Waals surface area contributed by atoms with Gasteiger partial charge in [-0.3, -0.25) is 4.79 Å². The number of carboxylic acids is 1. The van der Waals surface area contributed by atoms with Crippen LogP contribution in [0.4, 0.5) is 0 Å². The number of benzene rings is 1. The number of hydrogen-bond donors (Lipinski definition) is 2. The van der Waals surface area contributed by atoms with E-state index in [9.17, 15) is 15.0 Å². The molecule has 0 amide bonds. The second-order valence-corrected chi connectivity index (χ2v) is 4.78. The van der Waals surface area contributed by atoms with Crippen molar-refractivity contribution >= 4 is 5.97 Å². The van der Waals surface area contributed by atoms with Crippen molar-refractivity contribution in [1.82, 2.24) is 0 Å². The molecule has 17 heavy (non-hydrogen) atoms. The molecule has 0 saturated carbocycles. The second-order valence-electron chi connectivity index (χ2n) is 4.78. The molecular weight excluding hydrogens is 216 g/mol. The first-order valence-electron chi connectivity index (χ1n) is 5.93. The van der Waals surface area contributed by atoms with Crippen LogP contribution in [0.3, 0.4) is 0 Å². The van der Waals surface area contributed by atoms with Crippen LogP contribution in [0.1, 0.15) is 32.3 Å². The van der Waals surface area contributed by atoms with Crippen molar-refractivity contribution in [3.63, 3.8) is 0 Å². The number of hydrogen-bond acceptors (Lipinski definition) is 2. The molecule has 0 aliphatic rings. The molecule has 1 aromatic carbocycles. The van der Waals surface area contributed by atoms with E-state index in [0.29, 0.717) is 12.8 Å². The lowest BCUT2D eigenvalue weighted by atomic mass is 9.86. The highest BCUT2D eigenvalue weighted by Gasteiger charge is 2.28. The van der Waals surface area contributed by atoms with Gasteiger partial charge in [-0.05, 0) is 31.7 Å². The summed E-state index contributed by atoms with van der Waals surface area (Å²) < 4.78 is 0. The zero-order valence-corrected chi connectivity index (χ0v) is 10.4. The van der Waals surface area contributed by atoms with Gasteiger partial charge in [0, 0.05) is 0 Å². The van der Waals surface area contributed by atoms with Crippen LogP contribution in [0.15, 0.2) is 30.3 Å². The highest BCUT2D eigenvalue weighted by Crippen LogP contribution is 2.23. The third-order valence-electron chi connectivity index (χ3n) is 3.12. The molecule has 0 heterocycles. The molecule has 0 spiro atoms. The lowest BCUT2D eigenvalue weighted by Crippen LogP contribution is -2.31. The number of aliphatic carboxylic acids is 1. The van der Waals surface area contributed by atoms with Crippen LogP contribution in [0.25, 0.3) is 0 Å². The van der Waals surface area contributed by atoms with Gasteiger partial charge in [-0.15, -0.1) is 0 Å². The Hall–Kier alpha value is -1.35. The number of rotatable bonds is 6. The third-order valence-corrected chi connectivity index (χ3v) is 3.12. The van der Waals surface area contributed by atoms with Crippen LogP contribution in [0.2, 0.25) is 0 Å². The smallest absolute Gasteiger partial charge is 0.306 e. The summed E-state index contributed by atoms with van der Waals surface area (Å²) in [5.41, 5.74) is 0.0875. The number of aliphatic hydroxyl groups is 1. The molecule has 1 aromatic rings. The van der Waals surface area contributed by atoms with Crippen molar-refractivity contribution in [3.05, 3.63) is 35.9 Å². The third kappa shape index (κ3) is 4.57. The Balaban J connectivity index is 2.71. The molecule has 1 rings (SSSR count). The van der Waals surface area contributed by atoms with Crippen LogP contribution in [0.5, 0.6) is 0 Å². The van der Waals surface area contributed by atoms with Crippen LogP contribution >= 0.6 is 0 Å². The van der Waals surface area contributed by atoms with Crippen molar-refractivity contribution < 1.29 is 15.0 Å². The van der Waals surface area contributed by atoms with Gasteiger partial charge < -0.3 is 10.2 Å². The fourth-order valence-electron chi connectivity index (χ4n) is 1.82. The Kier molecular flexibility index (Phi) is 4.70. The molecule has 0 fully saturated rings. The van der Waals surface area contributed by atoms with Crippen LogP contribution < -0.4 is 0 Å². The summed E-state index contributed by atoms with van der Waals surface area (Å²) in [7, 11) is 0. The topological polar surface area (TPSA) is 57.5 Å². The van der Waals surface area contributed by atoms with E-state index >= 15 is 0 Å². The summed E-state index contributed by atoms with van der Waals surface area (Å²) in [6.45, 7) is 3.55. The molecule has 2 unspecified atom stereocenters. The number of carboxylic acid groups (broad SMARTS) is 1. The minimum Gasteiger partial charge on any atom is -0.481 e. The standard InChI is InChI=1S/C14H20O3/c1-3-14(2,17)10-12(13(15)16)9-11-7-5-4-6-8-11/h4-8,12,17H,3,9-10H2,1-2H3,(H,15,16). The van der Waals surface area contributed by atoms with Gasteiger partial charge in [0.05, 0.1) is 11.5 Å². The van der Waals surface area contributed by atoms with Gasteiger partial charge in [0.1, 0.15) is 0 Å². The number of carbonyl (C=O) groups is 1. The first kappa shape index (κ1) is 13.7. The fraction of sp³-hybridized carbons (Fsp3) is 0.500. The van der Waals surface area contributed by atoms with Crippen LogP contribution in [-0.4, -0.2) is 21.8 Å². The van der Waals surface area contributed by atoms with E-state index in [0.717, 1.165) is 5.56 Å². The maximum absolute atomic E-state index is 11.2. The van der Waals surface area contributed by atoms with Gasteiger partial charge in [0.15, 0.2) is 0 Å². The van der Waals surface area contributed by atoms with Gasteiger partial charge >= 0.3 is 5.97 Å². The van der Waals surface area contributed by atoms with Gasteiger partial charge in [-0.1, -0.05) is 37.3 Å². The maximum atomic E-state index is 11.2. The van der Waals surface area contributed by atoms with E-state index in [-0.39, 0.29) is 6.42 Å². The maximum Gasteiger partial charge on any atom is 0.306 e. The van der Waals surface area contributed by atoms with E-state index < -0.39 is 17.5 Å². The molecule has 0 bridgehead atoms. The van der Waals surface area contributed by atoms with E-state index in [2.05, 4.69) is 0 Å². The van der Waals surface area contributed by atoms with Crippen LogP contribution in [0, 0.1) is 5.92 Å². The van der Waals surface area contributed by atoms with E-state index in [1.54, 1.807) is 6.92 Å². The summed E-state index contributed by atoms with van der Waals surface area (Å²) >= 11 is 0. The highest BCUT2D eigenvalue weighted by atomic mass is 16.4. The molecule has 94 valence electrons. The summed E-state index contributed by atoms with van der Waals surface area (Å²) in [6, 6.07) is 9.52. The second kappa shape index (κ2) is 5.82. The molecule has 0 saturated heterocycles. The SMILES string of the molecule is CCC(C)(O)CC(Cc1ccccc1)C(=O)O. The average molecular weight is 236 g/mol. The molecule has 0 radical (unpaired) electrons. The lowest BCUT2D eigenvalue weighted by molar-refractivity contribution is -0.144. The Morgan fingerprint density at radius 2 is 1.94 bits per heavy atom. The van der Waals surface area contributed by atoms with Gasteiger partial charge in [0.25, 0.3) is 0 Å². The van der Waals surface area contributed by atoms with Crippen molar-refractivity contribution in [2.45, 2.75) is 38.7 Å². The molecule has 3 nitrogen and oxygen atoms in total. The normalized spacial score (nSPS) is 16.2. The minimum atomic E-state index is -0.905. The van der Waals surface area contributed by atoms with Gasteiger partial charge in [-0.2, -0.15) is 0 Å². The summed E-state index contributed by atoms with van der Waals surface area (Å²) in [5, 5.41) is 19.1. The monoisotopic (exact) mass is 236 g/mol. The largest absolute Gasteiger partial charge is 0.481 e. The Morgan fingerprint density at radius 3 is 2.41 bits per heavy atom. The molecule has 0 aromatic heterocycles. The molecular formula is C14H20O3. The predicted molar refractivity (Wildman–Crippen MR) is 66.8 cm³/mol. The molecule has 2 atom stereocenters. The minimum absolute atomic E-state index is 0.285. The first-order valence-corrected chi connectivity index (χ1v) is 5.93. The Bertz CT molecular complexity index is 357. The average Bonchev–Trinajstić information content (AvgIpc) is 2.29. The van der Waals surface area contributed by atoms with Crippen molar-refractivity contribution in [3.8, 4) is 0 Å². The zero-order valence-electron chi connectivity index (χ0n) is 10.4. The van der Waals surface area contributed by atoms with Gasteiger partial charge in [-0.25, -0.2) is 0 Å². The zero-order chi connectivity index (χ0) is 12.9. The summed E-state index contributed by atoms with van der Waals surface area (Å²) in [4.78, 5) is 11.2. The molecule has 2 N–H and O–H groups in total. The van der Waals surface area contributed by atoms with Crippen molar-refractivity contribution in [1.29, 1.82) is 0 Å². The lowest BCUT2D eigenvalue weighted by Gasteiger charge is -2.25. The van der Waals surface area contributed by atoms with Gasteiger partial charge in [0.2, 0.25) is 0 Å². The van der Waals surface area contributed by atoms with E-state index in [1.165, 1.54) is 0 Å². The fourth-order valence-corrected chi connectivity index (χ4v) is 1.82. The Labute approximate surface area is 102 Å².